The number of nitrogens with one attached hydrogen (secondary N) is 1. The summed E-state index contributed by atoms with van der Waals surface area (Å²) in [5, 5.41) is 14.0. The summed E-state index contributed by atoms with van der Waals surface area (Å²) in [5.41, 5.74) is 2.81. The molecule has 1 atom stereocenters. The first-order valence-electron chi connectivity index (χ1n) is 6.00. The lowest BCUT2D eigenvalue weighted by Gasteiger charge is -2.14. The molecule has 0 aliphatic rings. The summed E-state index contributed by atoms with van der Waals surface area (Å²) in [6, 6.07) is 13.4. The number of aliphatic hydroxyl groups is 1. The van der Waals surface area contributed by atoms with Crippen molar-refractivity contribution in [3.8, 4) is 0 Å². The third-order valence-electron chi connectivity index (χ3n) is 2.84. The second-order valence-electron chi connectivity index (χ2n) is 4.44. The van der Waals surface area contributed by atoms with E-state index in [0.29, 0.717) is 11.6 Å². The van der Waals surface area contributed by atoms with Gasteiger partial charge in [0, 0.05) is 11.0 Å². The number of anilines is 1. The standard InChI is InChI=1S/C15H15BrClNO/c1-10-5-6-14(13(17)7-10)18-9-15(19)11-3-2-4-12(16)8-11/h2-8,15,18-19H,9H2,1H3. The van der Waals surface area contributed by atoms with Crippen LogP contribution in [0.1, 0.15) is 17.2 Å². The van der Waals surface area contributed by atoms with Crippen molar-refractivity contribution < 1.29 is 5.11 Å². The van der Waals surface area contributed by atoms with E-state index < -0.39 is 6.10 Å². The van der Waals surface area contributed by atoms with Crippen molar-refractivity contribution in [2.45, 2.75) is 13.0 Å². The molecular formula is C15H15BrClNO. The predicted octanol–water partition coefficient (Wildman–Crippen LogP) is 4.56. The molecule has 0 amide bonds. The molecule has 0 aliphatic heterocycles. The highest BCUT2D eigenvalue weighted by Crippen LogP contribution is 2.24. The molecule has 2 aromatic rings. The molecule has 19 heavy (non-hydrogen) atoms. The molecule has 2 rings (SSSR count). The number of hydrogen-bond acceptors (Lipinski definition) is 2. The minimum atomic E-state index is -0.574. The van der Waals surface area contributed by atoms with Gasteiger partial charge in [0.15, 0.2) is 0 Å². The molecule has 0 bridgehead atoms. The summed E-state index contributed by atoms with van der Waals surface area (Å²) in [5.74, 6) is 0. The van der Waals surface area contributed by atoms with E-state index in [9.17, 15) is 5.11 Å². The van der Waals surface area contributed by atoms with E-state index in [0.717, 1.165) is 21.3 Å². The van der Waals surface area contributed by atoms with E-state index in [-0.39, 0.29) is 0 Å². The van der Waals surface area contributed by atoms with Crippen LogP contribution in [0.25, 0.3) is 0 Å². The van der Waals surface area contributed by atoms with Crippen LogP contribution in [-0.2, 0) is 0 Å². The summed E-state index contributed by atoms with van der Waals surface area (Å²) in [7, 11) is 0. The zero-order chi connectivity index (χ0) is 13.8. The summed E-state index contributed by atoms with van der Waals surface area (Å²) in [6.07, 6.45) is -0.574. The van der Waals surface area contributed by atoms with Gasteiger partial charge in [0.25, 0.3) is 0 Å². The topological polar surface area (TPSA) is 32.3 Å². The van der Waals surface area contributed by atoms with Crippen molar-refractivity contribution in [1.82, 2.24) is 0 Å². The normalized spacial score (nSPS) is 12.2. The van der Waals surface area contributed by atoms with Gasteiger partial charge < -0.3 is 10.4 Å². The van der Waals surface area contributed by atoms with Crippen molar-refractivity contribution in [3.63, 3.8) is 0 Å². The average Bonchev–Trinajstić information content (AvgIpc) is 2.37. The molecule has 0 spiro atoms. The Morgan fingerprint density at radius 3 is 2.74 bits per heavy atom. The Morgan fingerprint density at radius 1 is 1.26 bits per heavy atom. The molecule has 0 aliphatic carbocycles. The first-order chi connectivity index (χ1) is 9.06. The van der Waals surface area contributed by atoms with Crippen LogP contribution < -0.4 is 5.32 Å². The van der Waals surface area contributed by atoms with E-state index in [1.807, 2.05) is 49.4 Å². The van der Waals surface area contributed by atoms with Crippen LogP contribution in [0, 0.1) is 6.92 Å². The maximum absolute atomic E-state index is 10.1. The molecule has 1 unspecified atom stereocenters. The highest BCUT2D eigenvalue weighted by Gasteiger charge is 2.08. The number of hydrogen-bond donors (Lipinski definition) is 2. The van der Waals surface area contributed by atoms with Crippen molar-refractivity contribution in [3.05, 3.63) is 63.1 Å². The van der Waals surface area contributed by atoms with Gasteiger partial charge in [-0.2, -0.15) is 0 Å². The van der Waals surface area contributed by atoms with Crippen molar-refractivity contribution in [1.29, 1.82) is 0 Å². The Hall–Kier alpha value is -1.03. The van der Waals surface area contributed by atoms with Gasteiger partial charge in [-0.1, -0.05) is 45.7 Å². The fourth-order valence-corrected chi connectivity index (χ4v) is 2.52. The van der Waals surface area contributed by atoms with Gasteiger partial charge in [0.05, 0.1) is 16.8 Å². The number of rotatable bonds is 4. The average molecular weight is 341 g/mol. The molecule has 0 radical (unpaired) electrons. The summed E-state index contributed by atoms with van der Waals surface area (Å²) < 4.78 is 0.956. The largest absolute Gasteiger partial charge is 0.387 e. The quantitative estimate of drug-likeness (QED) is 0.855. The lowest BCUT2D eigenvalue weighted by atomic mass is 10.1. The Balaban J connectivity index is 2.02. The SMILES string of the molecule is Cc1ccc(NCC(O)c2cccc(Br)c2)c(Cl)c1. The van der Waals surface area contributed by atoms with Gasteiger partial charge in [0.1, 0.15) is 0 Å². The van der Waals surface area contributed by atoms with E-state index in [4.69, 9.17) is 11.6 Å². The van der Waals surface area contributed by atoms with Crippen molar-refractivity contribution in [2.24, 2.45) is 0 Å². The van der Waals surface area contributed by atoms with Gasteiger partial charge in [-0.05, 0) is 42.3 Å². The summed E-state index contributed by atoms with van der Waals surface area (Å²) in [4.78, 5) is 0. The van der Waals surface area contributed by atoms with E-state index in [1.165, 1.54) is 0 Å². The van der Waals surface area contributed by atoms with Crippen molar-refractivity contribution >= 4 is 33.2 Å². The lowest BCUT2D eigenvalue weighted by molar-refractivity contribution is 0.191. The number of halogens is 2. The Morgan fingerprint density at radius 2 is 2.05 bits per heavy atom. The van der Waals surface area contributed by atoms with Gasteiger partial charge in [-0.15, -0.1) is 0 Å². The molecule has 0 saturated carbocycles. The second kappa shape index (κ2) is 6.42. The molecule has 100 valence electrons. The van der Waals surface area contributed by atoms with Gasteiger partial charge in [-0.25, -0.2) is 0 Å². The molecule has 0 aromatic heterocycles. The van der Waals surface area contributed by atoms with Crippen LogP contribution in [0.3, 0.4) is 0 Å². The Bertz CT molecular complexity index is 574. The third kappa shape index (κ3) is 3.96. The highest BCUT2D eigenvalue weighted by molar-refractivity contribution is 9.10. The molecule has 2 nitrogen and oxygen atoms in total. The van der Waals surface area contributed by atoms with Gasteiger partial charge >= 0.3 is 0 Å². The Kier molecular flexibility index (Phi) is 4.86. The molecule has 0 fully saturated rings. The molecule has 0 saturated heterocycles. The fourth-order valence-electron chi connectivity index (χ4n) is 1.80. The molecule has 0 heterocycles. The molecule has 2 aromatic carbocycles. The van der Waals surface area contributed by atoms with E-state index in [2.05, 4.69) is 21.2 Å². The minimum Gasteiger partial charge on any atom is -0.387 e. The number of aryl methyl sites for hydroxylation is 1. The van der Waals surface area contributed by atoms with Crippen molar-refractivity contribution in [2.75, 3.05) is 11.9 Å². The monoisotopic (exact) mass is 339 g/mol. The van der Waals surface area contributed by atoms with Crippen LogP contribution in [0.4, 0.5) is 5.69 Å². The smallest absolute Gasteiger partial charge is 0.0962 e. The van der Waals surface area contributed by atoms with Crippen LogP contribution in [-0.4, -0.2) is 11.7 Å². The maximum Gasteiger partial charge on any atom is 0.0962 e. The van der Waals surface area contributed by atoms with E-state index in [1.54, 1.807) is 0 Å². The number of aliphatic hydroxyl groups excluding tert-OH is 1. The summed E-state index contributed by atoms with van der Waals surface area (Å²) >= 11 is 9.53. The molecule has 2 N–H and O–H groups in total. The zero-order valence-corrected chi connectivity index (χ0v) is 12.9. The molecule has 4 heteroatoms. The lowest BCUT2D eigenvalue weighted by Crippen LogP contribution is -2.12. The zero-order valence-electron chi connectivity index (χ0n) is 10.5. The van der Waals surface area contributed by atoms with Gasteiger partial charge in [-0.3, -0.25) is 0 Å². The number of benzene rings is 2. The first kappa shape index (κ1) is 14.4. The maximum atomic E-state index is 10.1. The third-order valence-corrected chi connectivity index (χ3v) is 3.65. The van der Waals surface area contributed by atoms with Crippen LogP contribution >= 0.6 is 27.5 Å². The second-order valence-corrected chi connectivity index (χ2v) is 5.76. The van der Waals surface area contributed by atoms with Gasteiger partial charge in [0.2, 0.25) is 0 Å². The molecular weight excluding hydrogens is 326 g/mol. The highest BCUT2D eigenvalue weighted by atomic mass is 79.9. The predicted molar refractivity (Wildman–Crippen MR) is 83.8 cm³/mol. The van der Waals surface area contributed by atoms with Crippen LogP contribution in [0.2, 0.25) is 5.02 Å². The van der Waals surface area contributed by atoms with Crippen LogP contribution in [0.15, 0.2) is 46.9 Å². The van der Waals surface area contributed by atoms with E-state index >= 15 is 0 Å². The first-order valence-corrected chi connectivity index (χ1v) is 7.17. The minimum absolute atomic E-state index is 0.416. The summed E-state index contributed by atoms with van der Waals surface area (Å²) in [6.45, 7) is 2.41. The Labute approximate surface area is 126 Å². The fraction of sp³-hybridized carbons (Fsp3) is 0.200. The van der Waals surface area contributed by atoms with Crippen LogP contribution in [0.5, 0.6) is 0 Å².